The molecule has 0 aliphatic heterocycles. The third-order valence-corrected chi connectivity index (χ3v) is 6.12. The van der Waals surface area contributed by atoms with E-state index in [1.807, 2.05) is 26.0 Å². The molecule has 4 heteroatoms. The van der Waals surface area contributed by atoms with Gasteiger partial charge in [-0.05, 0) is 70.3 Å². The van der Waals surface area contributed by atoms with Crippen molar-refractivity contribution in [2.24, 2.45) is 0 Å². The van der Waals surface area contributed by atoms with E-state index >= 15 is 0 Å². The minimum Gasteiger partial charge on any atom is -0.466 e. The van der Waals surface area contributed by atoms with E-state index in [4.69, 9.17) is 9.47 Å². The van der Waals surface area contributed by atoms with E-state index in [9.17, 15) is 9.59 Å². The van der Waals surface area contributed by atoms with Crippen LogP contribution in [0.2, 0.25) is 0 Å². The monoisotopic (exact) mass is 434 g/mol. The number of carbonyl (C=O) groups excluding carboxylic acids is 2. The molecule has 0 bridgehead atoms. The SMILES string of the molecule is CCOC(=O)CC(C)c1c2ccccc2c(C(C)CC(=O)OCC)c2cc(CC)ccc12. The summed E-state index contributed by atoms with van der Waals surface area (Å²) in [7, 11) is 0. The number of rotatable bonds is 9. The number of benzene rings is 3. The van der Waals surface area contributed by atoms with Gasteiger partial charge in [0.2, 0.25) is 0 Å². The average molecular weight is 435 g/mol. The number of esters is 2. The number of hydrogen-bond donors (Lipinski definition) is 0. The number of aryl methyl sites for hydroxylation is 1. The Hall–Kier alpha value is -2.88. The van der Waals surface area contributed by atoms with Crippen molar-refractivity contribution in [1.29, 1.82) is 0 Å². The molecule has 0 fully saturated rings. The summed E-state index contributed by atoms with van der Waals surface area (Å²) < 4.78 is 10.5. The normalized spacial score (nSPS) is 13.2. The zero-order valence-electron chi connectivity index (χ0n) is 19.9. The molecule has 4 nitrogen and oxygen atoms in total. The Morgan fingerprint density at radius 1 is 0.719 bits per heavy atom. The first-order chi connectivity index (χ1) is 15.4. The van der Waals surface area contributed by atoms with Crippen LogP contribution in [0.15, 0.2) is 42.5 Å². The molecule has 0 amide bonds. The molecule has 3 aromatic rings. The lowest BCUT2D eigenvalue weighted by Crippen LogP contribution is -2.11. The molecule has 0 aliphatic carbocycles. The Bertz CT molecular complexity index is 1120. The third-order valence-electron chi connectivity index (χ3n) is 6.12. The van der Waals surface area contributed by atoms with E-state index in [0.717, 1.165) is 28.0 Å². The summed E-state index contributed by atoms with van der Waals surface area (Å²) in [6.07, 6.45) is 1.60. The fourth-order valence-electron chi connectivity index (χ4n) is 4.72. The first-order valence-electron chi connectivity index (χ1n) is 11.7. The topological polar surface area (TPSA) is 52.6 Å². The van der Waals surface area contributed by atoms with Gasteiger partial charge in [0.1, 0.15) is 0 Å². The first-order valence-corrected chi connectivity index (χ1v) is 11.7. The van der Waals surface area contributed by atoms with E-state index in [0.29, 0.717) is 26.1 Å². The fourth-order valence-corrected chi connectivity index (χ4v) is 4.72. The minimum atomic E-state index is -0.179. The Morgan fingerprint density at radius 2 is 1.19 bits per heavy atom. The number of ether oxygens (including phenoxy) is 2. The highest BCUT2D eigenvalue weighted by molar-refractivity contribution is 6.07. The Morgan fingerprint density at radius 3 is 1.66 bits per heavy atom. The second-order valence-corrected chi connectivity index (χ2v) is 8.43. The van der Waals surface area contributed by atoms with Crippen LogP contribution >= 0.6 is 0 Å². The summed E-state index contributed by atoms with van der Waals surface area (Å²) in [5.41, 5.74) is 3.59. The lowest BCUT2D eigenvalue weighted by atomic mass is 9.80. The second-order valence-electron chi connectivity index (χ2n) is 8.43. The van der Waals surface area contributed by atoms with Crippen LogP contribution in [0.1, 0.15) is 76.0 Å². The smallest absolute Gasteiger partial charge is 0.306 e. The van der Waals surface area contributed by atoms with Crippen molar-refractivity contribution < 1.29 is 19.1 Å². The second kappa shape index (κ2) is 10.6. The van der Waals surface area contributed by atoms with E-state index in [-0.39, 0.29) is 23.8 Å². The van der Waals surface area contributed by atoms with Crippen LogP contribution in [0.4, 0.5) is 0 Å². The van der Waals surface area contributed by atoms with Gasteiger partial charge in [0.15, 0.2) is 0 Å². The summed E-state index contributed by atoms with van der Waals surface area (Å²) in [6.45, 7) is 10.8. The summed E-state index contributed by atoms with van der Waals surface area (Å²) in [4.78, 5) is 24.6. The largest absolute Gasteiger partial charge is 0.466 e. The molecule has 0 spiro atoms. The standard InChI is InChI=1S/C28H34O4/c1-6-20-13-14-23-24(17-20)28(19(5)16-26(30)32-8-3)22-12-10-9-11-21(22)27(23)18(4)15-25(29)31-7-2/h9-14,17-19H,6-8,15-16H2,1-5H3. The van der Waals surface area contributed by atoms with Gasteiger partial charge in [-0.3, -0.25) is 9.59 Å². The van der Waals surface area contributed by atoms with Crippen molar-refractivity contribution in [2.45, 2.75) is 65.7 Å². The highest BCUT2D eigenvalue weighted by atomic mass is 16.5. The van der Waals surface area contributed by atoms with E-state index in [1.165, 1.54) is 16.7 Å². The number of hydrogen-bond acceptors (Lipinski definition) is 4. The van der Waals surface area contributed by atoms with Crippen LogP contribution < -0.4 is 0 Å². The van der Waals surface area contributed by atoms with Crippen molar-refractivity contribution in [3.63, 3.8) is 0 Å². The van der Waals surface area contributed by atoms with Gasteiger partial charge in [-0.15, -0.1) is 0 Å². The molecule has 0 N–H and O–H groups in total. The molecule has 0 saturated carbocycles. The lowest BCUT2D eigenvalue weighted by Gasteiger charge is -2.24. The molecule has 0 saturated heterocycles. The Labute approximate surface area is 190 Å². The number of carbonyl (C=O) groups is 2. The molecule has 2 atom stereocenters. The van der Waals surface area contributed by atoms with Gasteiger partial charge in [-0.25, -0.2) is 0 Å². The molecule has 32 heavy (non-hydrogen) atoms. The highest BCUT2D eigenvalue weighted by Gasteiger charge is 2.24. The van der Waals surface area contributed by atoms with Crippen LogP contribution in [0.5, 0.6) is 0 Å². The van der Waals surface area contributed by atoms with Crippen LogP contribution in [0.25, 0.3) is 21.5 Å². The average Bonchev–Trinajstić information content (AvgIpc) is 2.76. The molecule has 3 aromatic carbocycles. The van der Waals surface area contributed by atoms with Crippen molar-refractivity contribution >= 4 is 33.5 Å². The molecule has 0 aliphatic rings. The van der Waals surface area contributed by atoms with Gasteiger partial charge in [0.25, 0.3) is 0 Å². The predicted molar refractivity (Wildman–Crippen MR) is 130 cm³/mol. The summed E-state index contributed by atoms with van der Waals surface area (Å²) in [6, 6.07) is 14.9. The van der Waals surface area contributed by atoms with Gasteiger partial charge >= 0.3 is 11.9 Å². The summed E-state index contributed by atoms with van der Waals surface area (Å²) in [5, 5.41) is 4.57. The quantitative estimate of drug-likeness (QED) is 0.279. The lowest BCUT2D eigenvalue weighted by molar-refractivity contribution is -0.144. The Kier molecular flexibility index (Phi) is 7.89. The summed E-state index contributed by atoms with van der Waals surface area (Å²) in [5.74, 6) is -0.350. The molecule has 170 valence electrons. The predicted octanol–water partition coefficient (Wildman–Crippen LogP) is 6.67. The maximum atomic E-state index is 12.3. The van der Waals surface area contributed by atoms with Crippen LogP contribution in [-0.2, 0) is 25.5 Å². The molecule has 0 radical (unpaired) electrons. The minimum absolute atomic E-state index is 0.00275. The van der Waals surface area contributed by atoms with E-state index < -0.39 is 0 Å². The summed E-state index contributed by atoms with van der Waals surface area (Å²) >= 11 is 0. The van der Waals surface area contributed by atoms with Crippen molar-refractivity contribution in [3.8, 4) is 0 Å². The molecule has 3 rings (SSSR count). The Balaban J connectivity index is 2.27. The molecular weight excluding hydrogens is 400 g/mol. The van der Waals surface area contributed by atoms with Gasteiger partial charge < -0.3 is 9.47 Å². The number of fused-ring (bicyclic) bond motifs is 2. The highest BCUT2D eigenvalue weighted by Crippen LogP contribution is 2.42. The zero-order chi connectivity index (χ0) is 23.3. The van der Waals surface area contributed by atoms with Crippen LogP contribution in [-0.4, -0.2) is 25.2 Å². The molecule has 2 unspecified atom stereocenters. The van der Waals surface area contributed by atoms with Gasteiger partial charge in [0.05, 0.1) is 26.1 Å². The van der Waals surface area contributed by atoms with Gasteiger partial charge in [-0.2, -0.15) is 0 Å². The van der Waals surface area contributed by atoms with Crippen LogP contribution in [0.3, 0.4) is 0 Å². The molecule has 0 aromatic heterocycles. The fraction of sp³-hybridized carbons (Fsp3) is 0.429. The zero-order valence-corrected chi connectivity index (χ0v) is 19.9. The third kappa shape index (κ3) is 4.95. The van der Waals surface area contributed by atoms with Gasteiger partial charge in [0, 0.05) is 0 Å². The maximum absolute atomic E-state index is 12.3. The first kappa shape index (κ1) is 23.8. The van der Waals surface area contributed by atoms with Crippen LogP contribution in [0, 0.1) is 0 Å². The maximum Gasteiger partial charge on any atom is 0.306 e. The van der Waals surface area contributed by atoms with Crippen molar-refractivity contribution in [1.82, 2.24) is 0 Å². The van der Waals surface area contributed by atoms with E-state index in [2.05, 4.69) is 51.1 Å². The van der Waals surface area contributed by atoms with Crippen molar-refractivity contribution in [3.05, 3.63) is 59.2 Å². The molecular formula is C28H34O4. The van der Waals surface area contributed by atoms with Gasteiger partial charge in [-0.1, -0.05) is 63.2 Å². The van der Waals surface area contributed by atoms with Crippen molar-refractivity contribution in [2.75, 3.05) is 13.2 Å². The molecule has 0 heterocycles. The van der Waals surface area contributed by atoms with E-state index in [1.54, 1.807) is 0 Å².